The quantitative estimate of drug-likeness (QED) is 0.292. The average Bonchev–Trinajstić information content (AvgIpc) is 3.24. The molecule has 1 fully saturated rings. The number of allylic oxidation sites excluding steroid dienone is 1. The van der Waals surface area contributed by atoms with Crippen LogP contribution in [0.2, 0.25) is 5.04 Å². The van der Waals surface area contributed by atoms with Gasteiger partial charge in [-0.3, -0.25) is 0 Å². The summed E-state index contributed by atoms with van der Waals surface area (Å²) < 4.78 is 13.6. The lowest BCUT2D eigenvalue weighted by molar-refractivity contribution is 0.0427. The van der Waals surface area contributed by atoms with Gasteiger partial charge in [0, 0.05) is 12.0 Å². The van der Waals surface area contributed by atoms with Crippen LogP contribution in [0.25, 0.3) is 0 Å². The van der Waals surface area contributed by atoms with Crippen molar-refractivity contribution < 1.29 is 9.16 Å². The highest BCUT2D eigenvalue weighted by Gasteiger charge is 2.52. The minimum absolute atomic E-state index is 0.00308. The van der Waals surface area contributed by atoms with Gasteiger partial charge in [-0.25, -0.2) is 0 Å². The van der Waals surface area contributed by atoms with E-state index in [0.717, 1.165) is 18.4 Å². The number of hydrogen-bond acceptors (Lipinski definition) is 3. The molecule has 3 nitrogen and oxygen atoms in total. The molecule has 0 saturated heterocycles. The standard InChI is InChI=1S/C31H35NO2Si/c1-31(2,3)35(28-15-9-5-10-16-28,29-17-11-6-12-18-29)34-30-22-26(19-20-32)21-27(30)24-33-23-25-13-7-4-8-14-25/h4-19,27,30H,21-24H2,1-3H3/b26-19-/t27-,30+/m0/s1. The molecule has 4 rings (SSSR count). The first-order valence-corrected chi connectivity index (χ1v) is 14.3. The van der Waals surface area contributed by atoms with Gasteiger partial charge in [-0.2, -0.15) is 5.26 Å². The molecule has 0 bridgehead atoms. The molecule has 3 aromatic carbocycles. The third-order valence-electron chi connectivity index (χ3n) is 6.97. The Hall–Kier alpha value is -2.97. The van der Waals surface area contributed by atoms with E-state index in [1.807, 2.05) is 18.2 Å². The van der Waals surface area contributed by atoms with E-state index in [0.29, 0.717) is 13.2 Å². The Morgan fingerprint density at radius 2 is 1.40 bits per heavy atom. The largest absolute Gasteiger partial charge is 0.404 e. The van der Waals surface area contributed by atoms with Gasteiger partial charge >= 0.3 is 0 Å². The number of benzene rings is 3. The summed E-state index contributed by atoms with van der Waals surface area (Å²) in [5.41, 5.74) is 2.33. The molecule has 35 heavy (non-hydrogen) atoms. The highest BCUT2D eigenvalue weighted by molar-refractivity contribution is 6.99. The van der Waals surface area contributed by atoms with Crippen molar-refractivity contribution in [3.8, 4) is 6.07 Å². The predicted molar refractivity (Wildman–Crippen MR) is 145 cm³/mol. The van der Waals surface area contributed by atoms with Gasteiger partial charge < -0.3 is 9.16 Å². The highest BCUT2D eigenvalue weighted by atomic mass is 28.4. The molecule has 0 spiro atoms. The molecule has 3 aromatic rings. The Labute approximate surface area is 211 Å². The van der Waals surface area contributed by atoms with E-state index >= 15 is 0 Å². The van der Waals surface area contributed by atoms with Crippen LogP contribution < -0.4 is 10.4 Å². The maximum absolute atomic E-state index is 9.35. The topological polar surface area (TPSA) is 42.2 Å². The molecule has 0 aliphatic heterocycles. The van der Waals surface area contributed by atoms with Crippen molar-refractivity contribution in [2.24, 2.45) is 5.92 Å². The fourth-order valence-corrected chi connectivity index (χ4v) is 10.1. The zero-order valence-corrected chi connectivity index (χ0v) is 22.0. The van der Waals surface area contributed by atoms with Crippen LogP contribution in [-0.2, 0) is 15.8 Å². The molecule has 0 radical (unpaired) electrons. The smallest absolute Gasteiger partial charge is 0.261 e. The van der Waals surface area contributed by atoms with Crippen LogP contribution in [0.15, 0.2) is 103 Å². The normalized spacial score (nSPS) is 19.5. The fraction of sp³-hybridized carbons (Fsp3) is 0.323. The first-order chi connectivity index (χ1) is 16.9. The Morgan fingerprint density at radius 3 is 1.91 bits per heavy atom. The fourth-order valence-electron chi connectivity index (χ4n) is 5.31. The van der Waals surface area contributed by atoms with Crippen LogP contribution in [0.4, 0.5) is 0 Å². The number of nitriles is 1. The monoisotopic (exact) mass is 481 g/mol. The molecule has 2 atom stereocenters. The minimum atomic E-state index is -2.68. The summed E-state index contributed by atoms with van der Waals surface area (Å²) in [7, 11) is -2.68. The summed E-state index contributed by atoms with van der Waals surface area (Å²) >= 11 is 0. The van der Waals surface area contributed by atoms with Crippen molar-refractivity contribution in [1.82, 2.24) is 0 Å². The lowest BCUT2D eigenvalue weighted by Crippen LogP contribution is -2.68. The number of nitrogens with zero attached hydrogens (tertiary/aromatic N) is 1. The zero-order valence-electron chi connectivity index (χ0n) is 21.0. The Kier molecular flexibility index (Phi) is 8.03. The SMILES string of the molecule is CC(C)(C)[Si](O[C@@H]1C/C(=C\C#N)C[C@H]1COCc1ccccc1)(c1ccccc1)c1ccccc1. The molecule has 0 amide bonds. The van der Waals surface area contributed by atoms with E-state index in [4.69, 9.17) is 9.16 Å². The van der Waals surface area contributed by atoms with Crippen molar-refractivity contribution in [2.75, 3.05) is 6.61 Å². The van der Waals surface area contributed by atoms with Crippen molar-refractivity contribution in [1.29, 1.82) is 5.26 Å². The summed E-state index contributed by atoms with van der Waals surface area (Å²) in [5.74, 6) is 0.208. The summed E-state index contributed by atoms with van der Waals surface area (Å²) in [6, 6.07) is 34.0. The van der Waals surface area contributed by atoms with Crippen molar-refractivity contribution in [2.45, 2.75) is 51.4 Å². The van der Waals surface area contributed by atoms with Gasteiger partial charge in [0.2, 0.25) is 0 Å². The summed E-state index contributed by atoms with van der Waals surface area (Å²) in [4.78, 5) is 0. The van der Waals surface area contributed by atoms with Crippen LogP contribution in [0.1, 0.15) is 39.2 Å². The van der Waals surface area contributed by atoms with Gasteiger partial charge in [-0.05, 0) is 33.8 Å². The van der Waals surface area contributed by atoms with Crippen LogP contribution in [0.5, 0.6) is 0 Å². The molecule has 1 saturated carbocycles. The Bertz CT molecular complexity index is 1110. The van der Waals surface area contributed by atoms with Crippen LogP contribution in [-0.4, -0.2) is 21.0 Å². The highest BCUT2D eigenvalue weighted by Crippen LogP contribution is 2.42. The van der Waals surface area contributed by atoms with Gasteiger partial charge in [0.05, 0.1) is 25.4 Å². The molecule has 0 aromatic heterocycles. The first-order valence-electron chi connectivity index (χ1n) is 12.4. The second kappa shape index (κ2) is 11.2. The molecule has 180 valence electrons. The zero-order chi connectivity index (χ0) is 24.7. The third kappa shape index (κ3) is 5.65. The summed E-state index contributed by atoms with van der Waals surface area (Å²) in [6.45, 7) is 8.12. The summed E-state index contributed by atoms with van der Waals surface area (Å²) in [5, 5.41) is 11.8. The molecule has 0 N–H and O–H groups in total. The van der Waals surface area contributed by atoms with Crippen molar-refractivity contribution >= 4 is 18.7 Å². The van der Waals surface area contributed by atoms with Crippen LogP contribution >= 0.6 is 0 Å². The average molecular weight is 482 g/mol. The second-order valence-corrected chi connectivity index (χ2v) is 14.7. The number of ether oxygens (including phenoxy) is 1. The van der Waals surface area contributed by atoms with E-state index in [1.165, 1.54) is 15.9 Å². The lowest BCUT2D eigenvalue weighted by atomic mass is 10.1. The van der Waals surface area contributed by atoms with E-state index in [1.54, 1.807) is 6.08 Å². The second-order valence-electron chi connectivity index (χ2n) is 10.4. The van der Waals surface area contributed by atoms with Crippen LogP contribution in [0, 0.1) is 17.2 Å². The van der Waals surface area contributed by atoms with Crippen molar-refractivity contribution in [3.05, 3.63) is 108 Å². The minimum Gasteiger partial charge on any atom is -0.404 e. The summed E-state index contributed by atoms with van der Waals surface area (Å²) in [6.07, 6.45) is 3.32. The van der Waals surface area contributed by atoms with Gasteiger partial charge in [0.15, 0.2) is 0 Å². The third-order valence-corrected chi connectivity index (χ3v) is 12.0. The maximum Gasteiger partial charge on any atom is 0.261 e. The molecular formula is C31H35NO2Si. The Morgan fingerprint density at radius 1 is 0.857 bits per heavy atom. The molecule has 0 unspecified atom stereocenters. The van der Waals surface area contributed by atoms with Gasteiger partial charge in [0.1, 0.15) is 0 Å². The predicted octanol–water partition coefficient (Wildman–Crippen LogP) is 6.01. The lowest BCUT2D eigenvalue weighted by Gasteiger charge is -2.45. The van der Waals surface area contributed by atoms with Gasteiger partial charge in [-0.1, -0.05) is 117 Å². The van der Waals surface area contributed by atoms with E-state index in [2.05, 4.69) is 99.6 Å². The number of hydrogen-bond donors (Lipinski definition) is 0. The number of rotatable bonds is 8. The van der Waals surface area contributed by atoms with E-state index in [9.17, 15) is 5.26 Å². The van der Waals surface area contributed by atoms with Gasteiger partial charge in [0.25, 0.3) is 8.32 Å². The van der Waals surface area contributed by atoms with Crippen LogP contribution in [0.3, 0.4) is 0 Å². The molecule has 4 heteroatoms. The van der Waals surface area contributed by atoms with Crippen molar-refractivity contribution in [3.63, 3.8) is 0 Å². The van der Waals surface area contributed by atoms with E-state index in [-0.39, 0.29) is 17.1 Å². The van der Waals surface area contributed by atoms with Gasteiger partial charge in [-0.15, -0.1) is 0 Å². The molecular weight excluding hydrogens is 446 g/mol. The van der Waals surface area contributed by atoms with E-state index < -0.39 is 8.32 Å². The Balaban J connectivity index is 1.68. The molecule has 1 aliphatic carbocycles. The maximum atomic E-state index is 9.35. The molecule has 0 heterocycles. The first kappa shape index (κ1) is 25.1. The molecule has 1 aliphatic rings.